The first-order valence-corrected chi connectivity index (χ1v) is 9.78. The van der Waals surface area contributed by atoms with Crippen LogP contribution in [0.5, 0.6) is 0 Å². The molecule has 8 heteroatoms. The number of rotatable bonds is 4. The molecule has 0 N–H and O–H groups in total. The third kappa shape index (κ3) is 3.04. The molecule has 30 heavy (non-hydrogen) atoms. The zero-order chi connectivity index (χ0) is 20.8. The van der Waals surface area contributed by atoms with E-state index >= 15 is 0 Å². The Hall–Kier alpha value is -3.55. The fourth-order valence-electron chi connectivity index (χ4n) is 3.98. The van der Waals surface area contributed by atoms with Crippen molar-refractivity contribution in [2.24, 2.45) is 0 Å². The maximum Gasteiger partial charge on any atom is 0.183 e. The number of hydrogen-bond acceptors (Lipinski definition) is 4. The first-order chi connectivity index (χ1) is 14.5. The maximum atomic E-state index is 14.4. The monoisotopic (exact) mass is 406 g/mol. The van der Waals surface area contributed by atoms with Crippen LogP contribution in [0.1, 0.15) is 36.9 Å². The zero-order valence-electron chi connectivity index (χ0n) is 16.5. The van der Waals surface area contributed by atoms with Gasteiger partial charge in [-0.1, -0.05) is 6.58 Å². The molecule has 1 saturated heterocycles. The average molecular weight is 406 g/mol. The Morgan fingerprint density at radius 2 is 2.03 bits per heavy atom. The largest absolute Gasteiger partial charge is 0.349 e. The van der Waals surface area contributed by atoms with Crippen LogP contribution in [0, 0.1) is 11.6 Å². The van der Waals surface area contributed by atoms with Gasteiger partial charge >= 0.3 is 0 Å². The third-order valence-corrected chi connectivity index (χ3v) is 5.52. The lowest BCUT2D eigenvalue weighted by Gasteiger charge is -2.26. The zero-order valence-corrected chi connectivity index (χ0v) is 16.5. The maximum absolute atomic E-state index is 14.4. The second-order valence-corrected chi connectivity index (χ2v) is 7.55. The average Bonchev–Trinajstić information content (AvgIpc) is 3.47. The Labute approximate surface area is 172 Å². The van der Waals surface area contributed by atoms with E-state index in [1.165, 1.54) is 12.1 Å². The summed E-state index contributed by atoms with van der Waals surface area (Å²) in [5.74, 6) is -0.141. The lowest BCUT2D eigenvalue weighted by atomic mass is 10.0. The van der Waals surface area contributed by atoms with Gasteiger partial charge in [0.25, 0.3) is 0 Å². The minimum absolute atomic E-state index is 0.262. The van der Waals surface area contributed by atoms with E-state index in [0.29, 0.717) is 17.0 Å². The molecule has 0 bridgehead atoms. The highest BCUT2D eigenvalue weighted by molar-refractivity contribution is 5.64. The highest BCUT2D eigenvalue weighted by atomic mass is 19.1. The molecule has 0 aliphatic carbocycles. The van der Waals surface area contributed by atoms with Crippen LogP contribution in [-0.2, 0) is 0 Å². The summed E-state index contributed by atoms with van der Waals surface area (Å²) in [4.78, 5) is 6.83. The van der Waals surface area contributed by atoms with Crippen LogP contribution in [0.15, 0.2) is 55.6 Å². The van der Waals surface area contributed by atoms with Crippen molar-refractivity contribution >= 4 is 17.0 Å². The molecular weight excluding hydrogens is 386 g/mol. The number of anilines is 1. The van der Waals surface area contributed by atoms with Gasteiger partial charge < -0.3 is 4.90 Å². The van der Waals surface area contributed by atoms with E-state index in [4.69, 9.17) is 4.98 Å². The minimum atomic E-state index is -0.438. The van der Waals surface area contributed by atoms with Crippen molar-refractivity contribution in [1.29, 1.82) is 0 Å². The summed E-state index contributed by atoms with van der Waals surface area (Å²) >= 11 is 0. The van der Waals surface area contributed by atoms with E-state index < -0.39 is 11.6 Å². The topological polar surface area (TPSA) is 51.3 Å². The van der Waals surface area contributed by atoms with Crippen molar-refractivity contribution in [1.82, 2.24) is 24.4 Å². The fraction of sp³-hybridized carbons (Fsp3) is 0.227. The number of fused-ring (bicyclic) bond motifs is 1. The molecule has 4 aromatic rings. The van der Waals surface area contributed by atoms with Gasteiger partial charge in [0.15, 0.2) is 5.65 Å². The molecule has 4 heterocycles. The van der Waals surface area contributed by atoms with Crippen molar-refractivity contribution < 1.29 is 8.78 Å². The summed E-state index contributed by atoms with van der Waals surface area (Å²) in [7, 11) is 0. The Balaban J connectivity index is 1.56. The normalized spacial score (nSPS) is 16.5. The van der Waals surface area contributed by atoms with Crippen LogP contribution < -0.4 is 4.90 Å². The smallest absolute Gasteiger partial charge is 0.183 e. The van der Waals surface area contributed by atoms with Gasteiger partial charge in [0.1, 0.15) is 23.1 Å². The molecule has 1 aromatic carbocycles. The summed E-state index contributed by atoms with van der Waals surface area (Å²) < 4.78 is 31.6. The van der Waals surface area contributed by atoms with Crippen LogP contribution >= 0.6 is 0 Å². The highest BCUT2D eigenvalue weighted by Crippen LogP contribution is 2.37. The molecule has 5 rings (SSSR count). The second kappa shape index (κ2) is 7.05. The number of allylic oxidation sites excluding steroid dienone is 1. The molecule has 1 aliphatic rings. The number of nitrogens with zero attached hydrogens (tertiary/aromatic N) is 6. The summed E-state index contributed by atoms with van der Waals surface area (Å²) in [6.07, 6.45) is 8.77. The van der Waals surface area contributed by atoms with E-state index in [1.807, 2.05) is 30.3 Å². The quantitative estimate of drug-likeness (QED) is 0.498. The molecule has 6 nitrogen and oxygen atoms in total. The molecule has 0 spiro atoms. The second-order valence-electron chi connectivity index (χ2n) is 7.55. The standard InChI is InChI=1S/C22H20F2N6/c1-14(2)15-11-25-30(13-15)20-12-26-29-9-7-21(27-22(20)29)28-8-3-4-19(28)17-10-16(23)5-6-18(17)24/h5-7,9-13,19H,1,3-4,8H2,2H3. The van der Waals surface area contributed by atoms with Gasteiger partial charge in [-0.2, -0.15) is 10.2 Å². The molecule has 0 radical (unpaired) electrons. The van der Waals surface area contributed by atoms with Gasteiger partial charge in [-0.3, -0.25) is 0 Å². The molecule has 1 unspecified atom stereocenters. The predicted octanol–water partition coefficient (Wildman–Crippen LogP) is 4.57. The lowest BCUT2D eigenvalue weighted by Crippen LogP contribution is -2.24. The van der Waals surface area contributed by atoms with Crippen LogP contribution in [-0.4, -0.2) is 30.9 Å². The van der Waals surface area contributed by atoms with Gasteiger partial charge in [-0.25, -0.2) is 23.0 Å². The van der Waals surface area contributed by atoms with Crippen LogP contribution in [0.4, 0.5) is 14.6 Å². The molecule has 1 aliphatic heterocycles. The van der Waals surface area contributed by atoms with Crippen molar-refractivity contribution in [2.75, 3.05) is 11.4 Å². The fourth-order valence-corrected chi connectivity index (χ4v) is 3.98. The molecule has 152 valence electrons. The van der Waals surface area contributed by atoms with Crippen molar-refractivity contribution in [2.45, 2.75) is 25.8 Å². The van der Waals surface area contributed by atoms with E-state index in [1.54, 1.807) is 21.6 Å². The molecule has 0 amide bonds. The Morgan fingerprint density at radius 3 is 2.83 bits per heavy atom. The van der Waals surface area contributed by atoms with Crippen LogP contribution in [0.2, 0.25) is 0 Å². The van der Waals surface area contributed by atoms with Crippen LogP contribution in [0.3, 0.4) is 0 Å². The molecule has 1 fully saturated rings. The summed E-state index contributed by atoms with van der Waals surface area (Å²) in [5, 5.41) is 8.76. The SMILES string of the molecule is C=C(C)c1cnn(-c2cnn3ccc(N4CCCC4c4cc(F)ccc4F)nc23)c1. The summed E-state index contributed by atoms with van der Waals surface area (Å²) in [6.45, 7) is 6.59. The van der Waals surface area contributed by atoms with Gasteiger partial charge in [0.2, 0.25) is 0 Å². The Bertz CT molecular complexity index is 1260. The third-order valence-electron chi connectivity index (χ3n) is 5.52. The van der Waals surface area contributed by atoms with Crippen LogP contribution in [0.25, 0.3) is 16.9 Å². The summed E-state index contributed by atoms with van der Waals surface area (Å²) in [5.41, 5.74) is 3.59. The lowest BCUT2D eigenvalue weighted by molar-refractivity contribution is 0.560. The molecule has 0 saturated carbocycles. The van der Waals surface area contributed by atoms with Gasteiger partial charge in [0, 0.05) is 30.1 Å². The van der Waals surface area contributed by atoms with E-state index in [9.17, 15) is 8.78 Å². The predicted molar refractivity (Wildman–Crippen MR) is 110 cm³/mol. The van der Waals surface area contributed by atoms with E-state index in [0.717, 1.165) is 42.3 Å². The van der Waals surface area contributed by atoms with Crippen molar-refractivity contribution in [3.63, 3.8) is 0 Å². The van der Waals surface area contributed by atoms with Gasteiger partial charge in [-0.05, 0) is 49.6 Å². The number of hydrogen-bond donors (Lipinski definition) is 0. The van der Waals surface area contributed by atoms with Gasteiger partial charge in [-0.15, -0.1) is 0 Å². The number of halogens is 2. The van der Waals surface area contributed by atoms with Crippen molar-refractivity contribution in [3.05, 3.63) is 78.4 Å². The Morgan fingerprint density at radius 1 is 1.17 bits per heavy atom. The number of aromatic nitrogens is 5. The first kappa shape index (κ1) is 18.5. The van der Waals surface area contributed by atoms with E-state index in [2.05, 4.69) is 16.8 Å². The van der Waals surface area contributed by atoms with Crippen molar-refractivity contribution in [3.8, 4) is 5.69 Å². The first-order valence-electron chi connectivity index (χ1n) is 9.78. The van der Waals surface area contributed by atoms with E-state index in [-0.39, 0.29) is 6.04 Å². The minimum Gasteiger partial charge on any atom is -0.349 e. The molecule has 3 aromatic heterocycles. The highest BCUT2D eigenvalue weighted by Gasteiger charge is 2.30. The van der Waals surface area contributed by atoms with Gasteiger partial charge in [0.05, 0.1) is 18.4 Å². The Kier molecular flexibility index (Phi) is 4.34. The number of benzene rings is 1. The molecule has 1 atom stereocenters. The molecular formula is C22H20F2N6. The summed E-state index contributed by atoms with van der Waals surface area (Å²) in [6, 6.07) is 5.20.